The highest BCUT2D eigenvalue weighted by molar-refractivity contribution is 6.03. The molecule has 8 heteroatoms. The van der Waals surface area contributed by atoms with E-state index in [4.69, 9.17) is 5.73 Å². The van der Waals surface area contributed by atoms with Crippen LogP contribution in [0.4, 0.5) is 5.69 Å². The van der Waals surface area contributed by atoms with E-state index in [-0.39, 0.29) is 17.5 Å². The number of hydrogen-bond donors (Lipinski definition) is 3. The zero-order valence-corrected chi connectivity index (χ0v) is 10.7. The van der Waals surface area contributed by atoms with Crippen LogP contribution in [-0.4, -0.2) is 26.6 Å². The number of primary amides is 1. The highest BCUT2D eigenvalue weighted by Crippen LogP contribution is 2.06. The Hall–Kier alpha value is -2.90. The summed E-state index contributed by atoms with van der Waals surface area (Å²) in [5.74, 6) is -1.09. The van der Waals surface area contributed by atoms with Crippen molar-refractivity contribution in [1.29, 1.82) is 0 Å². The lowest BCUT2D eigenvalue weighted by molar-refractivity contribution is -0.118. The Kier molecular flexibility index (Phi) is 3.65. The lowest BCUT2D eigenvalue weighted by atomic mass is 10.2. The Morgan fingerprint density at radius 1 is 1.50 bits per heavy atom. The van der Waals surface area contributed by atoms with Crippen LogP contribution in [0, 0.1) is 6.92 Å². The Bertz CT molecular complexity index is 716. The van der Waals surface area contributed by atoms with Crippen molar-refractivity contribution in [2.24, 2.45) is 5.73 Å². The zero-order chi connectivity index (χ0) is 14.7. The van der Waals surface area contributed by atoms with Crippen LogP contribution in [0.3, 0.4) is 0 Å². The van der Waals surface area contributed by atoms with E-state index in [0.29, 0.717) is 11.4 Å². The summed E-state index contributed by atoms with van der Waals surface area (Å²) >= 11 is 0. The summed E-state index contributed by atoms with van der Waals surface area (Å²) in [4.78, 5) is 37.1. The van der Waals surface area contributed by atoms with Gasteiger partial charge in [0.2, 0.25) is 5.91 Å². The van der Waals surface area contributed by atoms with Crippen molar-refractivity contribution in [3.05, 3.63) is 46.1 Å². The number of pyridine rings is 1. The van der Waals surface area contributed by atoms with Gasteiger partial charge in [-0.25, -0.2) is 0 Å². The van der Waals surface area contributed by atoms with E-state index in [1.165, 1.54) is 29.3 Å². The van der Waals surface area contributed by atoms with Crippen molar-refractivity contribution in [1.82, 2.24) is 14.8 Å². The van der Waals surface area contributed by atoms with Gasteiger partial charge in [0.1, 0.15) is 12.1 Å². The summed E-state index contributed by atoms with van der Waals surface area (Å²) in [5, 5.41) is 6.37. The van der Waals surface area contributed by atoms with E-state index < -0.39 is 11.8 Å². The van der Waals surface area contributed by atoms with Gasteiger partial charge in [-0.3, -0.25) is 19.1 Å². The number of H-pyrrole nitrogens is 1. The number of aromatic amines is 1. The average Bonchev–Trinajstić information content (AvgIpc) is 2.75. The summed E-state index contributed by atoms with van der Waals surface area (Å²) < 4.78 is 1.29. The molecule has 0 saturated carbocycles. The number of hydrogen-bond acceptors (Lipinski definition) is 4. The predicted molar refractivity (Wildman–Crippen MR) is 71.2 cm³/mol. The molecule has 0 fully saturated rings. The fourth-order valence-electron chi connectivity index (χ4n) is 1.62. The van der Waals surface area contributed by atoms with Crippen molar-refractivity contribution in [2.45, 2.75) is 13.5 Å². The van der Waals surface area contributed by atoms with Gasteiger partial charge in [-0.15, -0.1) is 0 Å². The number of aryl methyl sites for hydroxylation is 1. The van der Waals surface area contributed by atoms with E-state index in [0.717, 1.165) is 0 Å². The third-order valence-corrected chi connectivity index (χ3v) is 2.51. The molecular weight excluding hydrogens is 262 g/mol. The molecule has 0 aromatic carbocycles. The van der Waals surface area contributed by atoms with Crippen LogP contribution in [0.2, 0.25) is 0 Å². The number of carbonyl (C=O) groups is 2. The highest BCUT2D eigenvalue weighted by atomic mass is 16.2. The van der Waals surface area contributed by atoms with Gasteiger partial charge in [-0.2, -0.15) is 5.10 Å². The van der Waals surface area contributed by atoms with Gasteiger partial charge in [0.15, 0.2) is 5.43 Å². The third-order valence-electron chi connectivity index (χ3n) is 2.51. The number of nitrogens with one attached hydrogen (secondary N) is 2. The minimum Gasteiger partial charge on any atom is -0.368 e. The molecule has 0 unspecified atom stereocenters. The van der Waals surface area contributed by atoms with E-state index in [2.05, 4.69) is 15.4 Å². The number of amides is 2. The van der Waals surface area contributed by atoms with E-state index >= 15 is 0 Å². The molecule has 0 radical (unpaired) electrons. The lowest BCUT2D eigenvalue weighted by Gasteiger charge is -2.02. The van der Waals surface area contributed by atoms with Crippen LogP contribution < -0.4 is 16.5 Å². The molecule has 2 heterocycles. The van der Waals surface area contributed by atoms with Crippen molar-refractivity contribution in [3.8, 4) is 0 Å². The first-order chi connectivity index (χ1) is 9.45. The number of nitrogens with two attached hydrogens (primary N) is 1. The van der Waals surface area contributed by atoms with Crippen molar-refractivity contribution in [2.75, 3.05) is 5.32 Å². The molecule has 0 atom stereocenters. The Labute approximate surface area is 113 Å². The van der Waals surface area contributed by atoms with Crippen molar-refractivity contribution < 1.29 is 9.59 Å². The molecule has 2 rings (SSSR count). The highest BCUT2D eigenvalue weighted by Gasteiger charge is 2.11. The molecule has 4 N–H and O–H groups in total. The maximum absolute atomic E-state index is 11.9. The second-order valence-electron chi connectivity index (χ2n) is 4.24. The first-order valence-corrected chi connectivity index (χ1v) is 5.77. The van der Waals surface area contributed by atoms with Crippen LogP contribution in [0.1, 0.15) is 16.1 Å². The molecule has 0 bridgehead atoms. The molecule has 8 nitrogen and oxygen atoms in total. The fraction of sp³-hybridized carbons (Fsp3) is 0.167. The molecule has 20 heavy (non-hydrogen) atoms. The lowest BCUT2D eigenvalue weighted by Crippen LogP contribution is -2.21. The molecule has 0 aliphatic carbocycles. The quantitative estimate of drug-likeness (QED) is 0.703. The van der Waals surface area contributed by atoms with Gasteiger partial charge >= 0.3 is 0 Å². The summed E-state index contributed by atoms with van der Waals surface area (Å²) in [5.41, 5.74) is 5.69. The van der Waals surface area contributed by atoms with Crippen molar-refractivity contribution >= 4 is 17.5 Å². The van der Waals surface area contributed by atoms with Crippen LogP contribution in [0.25, 0.3) is 0 Å². The number of carbonyl (C=O) groups excluding carboxylic acids is 2. The smallest absolute Gasteiger partial charge is 0.261 e. The minimum absolute atomic E-state index is 0.00162. The van der Waals surface area contributed by atoms with Crippen LogP contribution >= 0.6 is 0 Å². The van der Waals surface area contributed by atoms with E-state index in [1.807, 2.05) is 0 Å². The molecule has 104 valence electrons. The zero-order valence-electron chi connectivity index (χ0n) is 10.7. The molecule has 0 aliphatic rings. The van der Waals surface area contributed by atoms with Crippen LogP contribution in [-0.2, 0) is 11.3 Å². The summed E-state index contributed by atoms with van der Waals surface area (Å²) in [6.07, 6.45) is 4.16. The van der Waals surface area contributed by atoms with Crippen LogP contribution in [0.5, 0.6) is 0 Å². The number of nitrogens with zero attached hydrogens (tertiary/aromatic N) is 2. The maximum Gasteiger partial charge on any atom is 0.261 e. The van der Waals surface area contributed by atoms with E-state index in [1.54, 1.807) is 6.92 Å². The normalized spacial score (nSPS) is 10.2. The summed E-state index contributed by atoms with van der Waals surface area (Å²) in [6.45, 7) is 1.64. The molecule has 0 aliphatic heterocycles. The predicted octanol–water partition coefficient (Wildman–Crippen LogP) is -0.383. The molecular formula is C12H13N5O3. The van der Waals surface area contributed by atoms with E-state index in [9.17, 15) is 14.4 Å². The van der Waals surface area contributed by atoms with Crippen molar-refractivity contribution in [3.63, 3.8) is 0 Å². The molecule has 2 aromatic rings. The van der Waals surface area contributed by atoms with Gasteiger partial charge < -0.3 is 16.0 Å². The maximum atomic E-state index is 11.9. The topological polar surface area (TPSA) is 123 Å². The van der Waals surface area contributed by atoms with Gasteiger partial charge in [-0.05, 0) is 6.92 Å². The first kappa shape index (κ1) is 13.5. The standard InChI is InChI=1S/C12H13N5O3/c1-7-2-10(18)9(4-14-7)12(20)16-8-3-15-17(5-8)6-11(13)19/h2-5H,6H2,1H3,(H2,13,19)(H,14,18)(H,16,20). The molecule has 2 amide bonds. The number of anilines is 1. The SMILES string of the molecule is Cc1cc(=O)c(C(=O)Nc2cnn(CC(N)=O)c2)c[nH]1. The summed E-state index contributed by atoms with van der Waals surface area (Å²) in [6, 6.07) is 1.34. The molecule has 2 aromatic heterocycles. The molecule has 0 saturated heterocycles. The monoisotopic (exact) mass is 275 g/mol. The number of rotatable bonds is 4. The van der Waals surface area contributed by atoms with Gasteiger partial charge in [0, 0.05) is 24.2 Å². The van der Waals surface area contributed by atoms with Gasteiger partial charge in [-0.1, -0.05) is 0 Å². The largest absolute Gasteiger partial charge is 0.368 e. The minimum atomic E-state index is -0.551. The summed E-state index contributed by atoms with van der Waals surface area (Å²) in [7, 11) is 0. The fourth-order valence-corrected chi connectivity index (χ4v) is 1.62. The second kappa shape index (κ2) is 5.39. The Morgan fingerprint density at radius 2 is 2.25 bits per heavy atom. The molecule has 0 spiro atoms. The third kappa shape index (κ3) is 3.10. The van der Waals surface area contributed by atoms with Gasteiger partial charge in [0.05, 0.1) is 11.9 Å². The average molecular weight is 275 g/mol. The Morgan fingerprint density at radius 3 is 2.90 bits per heavy atom. The Balaban J connectivity index is 2.13. The first-order valence-electron chi connectivity index (χ1n) is 5.77. The second-order valence-corrected chi connectivity index (χ2v) is 4.24. The number of aromatic nitrogens is 3. The van der Waals surface area contributed by atoms with Gasteiger partial charge in [0.25, 0.3) is 5.91 Å². The van der Waals surface area contributed by atoms with Crippen LogP contribution in [0.15, 0.2) is 29.5 Å².